The summed E-state index contributed by atoms with van der Waals surface area (Å²) in [7, 11) is 0. The molecule has 0 N–H and O–H groups in total. The standard InChI is InChI=1S/C9H6INO/c10-6-1-2-8-7(5-6)9(12)3-4-11-8/h1-6H. The van der Waals surface area contributed by atoms with Gasteiger partial charge in [-0.15, -0.1) is 0 Å². The first kappa shape index (κ1) is 7.91. The first-order chi connectivity index (χ1) is 5.77. The summed E-state index contributed by atoms with van der Waals surface area (Å²) >= 11 is 2.26. The molecule has 0 radical (unpaired) electrons. The molecule has 3 heteroatoms. The lowest BCUT2D eigenvalue weighted by atomic mass is 9.98. The molecule has 1 aliphatic carbocycles. The van der Waals surface area contributed by atoms with Gasteiger partial charge in [-0.3, -0.25) is 9.79 Å². The van der Waals surface area contributed by atoms with Crippen molar-refractivity contribution in [2.75, 3.05) is 0 Å². The molecule has 1 aliphatic heterocycles. The van der Waals surface area contributed by atoms with Gasteiger partial charge < -0.3 is 0 Å². The van der Waals surface area contributed by atoms with Gasteiger partial charge in [-0.1, -0.05) is 34.7 Å². The maximum atomic E-state index is 11.3. The smallest absolute Gasteiger partial charge is 0.189 e. The predicted octanol–water partition coefficient (Wildman–Crippen LogP) is 1.82. The van der Waals surface area contributed by atoms with E-state index in [1.54, 1.807) is 6.20 Å². The summed E-state index contributed by atoms with van der Waals surface area (Å²) in [5, 5.41) is 0. The fraction of sp³-hybridized carbons (Fsp3) is 0.111. The third-order valence-electron chi connectivity index (χ3n) is 1.74. The summed E-state index contributed by atoms with van der Waals surface area (Å²) < 4.78 is 0.312. The van der Waals surface area contributed by atoms with E-state index in [0.717, 1.165) is 11.3 Å². The molecule has 0 spiro atoms. The zero-order valence-corrected chi connectivity index (χ0v) is 8.36. The number of aliphatic imine (C=N–C) groups is 1. The van der Waals surface area contributed by atoms with Crippen LogP contribution in [0.1, 0.15) is 0 Å². The number of ketones is 1. The average Bonchev–Trinajstić information content (AvgIpc) is 2.07. The topological polar surface area (TPSA) is 29.4 Å². The van der Waals surface area contributed by atoms with E-state index in [-0.39, 0.29) is 5.78 Å². The van der Waals surface area contributed by atoms with Gasteiger partial charge in [0.05, 0.1) is 5.71 Å². The average molecular weight is 271 g/mol. The van der Waals surface area contributed by atoms with Gasteiger partial charge in [0, 0.05) is 21.8 Å². The number of fused-ring (bicyclic) bond motifs is 1. The molecule has 1 heterocycles. The lowest BCUT2D eigenvalue weighted by Gasteiger charge is -2.13. The number of hydrogen-bond donors (Lipinski definition) is 0. The fourth-order valence-corrected chi connectivity index (χ4v) is 1.74. The number of carbonyl (C=O) groups excluding carboxylic acids is 1. The lowest BCUT2D eigenvalue weighted by molar-refractivity contribution is -0.110. The number of halogens is 1. The second-order valence-corrected chi connectivity index (χ2v) is 4.02. The minimum absolute atomic E-state index is 0.0611. The highest BCUT2D eigenvalue weighted by molar-refractivity contribution is 14.1. The normalized spacial score (nSPS) is 26.4. The van der Waals surface area contributed by atoms with E-state index < -0.39 is 0 Å². The predicted molar refractivity (Wildman–Crippen MR) is 56.6 cm³/mol. The van der Waals surface area contributed by atoms with Gasteiger partial charge in [0.2, 0.25) is 0 Å². The molecule has 2 aliphatic rings. The van der Waals surface area contributed by atoms with Crippen LogP contribution in [-0.4, -0.2) is 15.4 Å². The van der Waals surface area contributed by atoms with Gasteiger partial charge in [0.15, 0.2) is 5.78 Å². The van der Waals surface area contributed by atoms with Crippen LogP contribution >= 0.6 is 22.6 Å². The molecule has 0 saturated carbocycles. The van der Waals surface area contributed by atoms with Crippen molar-refractivity contribution >= 4 is 34.1 Å². The largest absolute Gasteiger partial charge is 0.289 e. The van der Waals surface area contributed by atoms with Crippen LogP contribution in [0.25, 0.3) is 0 Å². The Labute approximate surface area is 83.9 Å². The van der Waals surface area contributed by atoms with Gasteiger partial charge in [0.1, 0.15) is 0 Å². The number of carbonyl (C=O) groups is 1. The van der Waals surface area contributed by atoms with Gasteiger partial charge in [-0.25, -0.2) is 0 Å². The Kier molecular flexibility index (Phi) is 1.96. The Hall–Kier alpha value is -0.710. The molecule has 1 atom stereocenters. The number of rotatable bonds is 0. The maximum absolute atomic E-state index is 11.3. The summed E-state index contributed by atoms with van der Waals surface area (Å²) in [5.74, 6) is 0.0611. The van der Waals surface area contributed by atoms with Crippen LogP contribution in [0, 0.1) is 0 Å². The van der Waals surface area contributed by atoms with Crippen molar-refractivity contribution in [1.29, 1.82) is 0 Å². The second-order valence-electron chi connectivity index (χ2n) is 2.58. The Balaban J connectivity index is 2.46. The van der Waals surface area contributed by atoms with Crippen LogP contribution < -0.4 is 0 Å². The molecule has 0 aromatic rings. The fourth-order valence-electron chi connectivity index (χ4n) is 1.17. The molecule has 1 unspecified atom stereocenters. The van der Waals surface area contributed by atoms with Crippen molar-refractivity contribution < 1.29 is 4.79 Å². The number of alkyl halides is 1. The maximum Gasteiger partial charge on any atom is 0.189 e. The summed E-state index contributed by atoms with van der Waals surface area (Å²) in [6.07, 6.45) is 8.90. The molecule has 0 aromatic heterocycles. The number of nitrogens with zero attached hydrogens (tertiary/aromatic N) is 1. The highest BCUT2D eigenvalue weighted by Crippen LogP contribution is 2.19. The van der Waals surface area contributed by atoms with Crippen LogP contribution in [0.3, 0.4) is 0 Å². The van der Waals surface area contributed by atoms with Gasteiger partial charge in [-0.05, 0) is 6.08 Å². The van der Waals surface area contributed by atoms with Crippen molar-refractivity contribution in [1.82, 2.24) is 0 Å². The van der Waals surface area contributed by atoms with Crippen LogP contribution in [0.2, 0.25) is 0 Å². The van der Waals surface area contributed by atoms with Crippen molar-refractivity contribution in [2.24, 2.45) is 4.99 Å². The first-order valence-electron chi connectivity index (χ1n) is 3.60. The van der Waals surface area contributed by atoms with E-state index in [4.69, 9.17) is 0 Å². The molecule has 0 saturated heterocycles. The van der Waals surface area contributed by atoms with Gasteiger partial charge in [0.25, 0.3) is 0 Å². The number of allylic oxidation sites excluding steroid dienone is 5. The van der Waals surface area contributed by atoms with Crippen molar-refractivity contribution in [3.63, 3.8) is 0 Å². The highest BCUT2D eigenvalue weighted by Gasteiger charge is 2.18. The van der Waals surface area contributed by atoms with E-state index in [1.165, 1.54) is 6.08 Å². The Bertz CT molecular complexity index is 350. The zero-order valence-electron chi connectivity index (χ0n) is 6.20. The summed E-state index contributed by atoms with van der Waals surface area (Å²) in [6, 6.07) is 0. The Morgan fingerprint density at radius 1 is 1.42 bits per heavy atom. The monoisotopic (exact) mass is 271 g/mol. The number of hydrogen-bond acceptors (Lipinski definition) is 2. The molecular weight excluding hydrogens is 265 g/mol. The minimum Gasteiger partial charge on any atom is -0.289 e. The minimum atomic E-state index is 0.0611. The Morgan fingerprint density at radius 3 is 3.08 bits per heavy atom. The van der Waals surface area contributed by atoms with Crippen molar-refractivity contribution in [3.8, 4) is 0 Å². The molecule has 12 heavy (non-hydrogen) atoms. The molecular formula is C9H6INO. The van der Waals surface area contributed by atoms with Crippen molar-refractivity contribution in [3.05, 3.63) is 36.1 Å². The highest BCUT2D eigenvalue weighted by atomic mass is 127. The van der Waals surface area contributed by atoms with Crippen LogP contribution in [0.15, 0.2) is 41.1 Å². The first-order valence-corrected chi connectivity index (χ1v) is 4.85. The molecule has 2 rings (SSSR count). The van der Waals surface area contributed by atoms with Gasteiger partial charge in [-0.2, -0.15) is 0 Å². The SMILES string of the molecule is O=C1C=CN=C2C=CC(I)C=C12. The molecule has 60 valence electrons. The second kappa shape index (κ2) is 2.97. The van der Waals surface area contributed by atoms with Crippen molar-refractivity contribution in [2.45, 2.75) is 3.92 Å². The van der Waals surface area contributed by atoms with E-state index in [0.29, 0.717) is 3.92 Å². The third-order valence-corrected chi connectivity index (χ3v) is 2.52. The van der Waals surface area contributed by atoms with Crippen LogP contribution in [0.4, 0.5) is 0 Å². The zero-order chi connectivity index (χ0) is 8.55. The van der Waals surface area contributed by atoms with E-state index >= 15 is 0 Å². The molecule has 0 fully saturated rings. The van der Waals surface area contributed by atoms with Crippen LogP contribution in [-0.2, 0) is 4.79 Å². The summed E-state index contributed by atoms with van der Waals surface area (Å²) in [5.41, 5.74) is 1.52. The molecule has 0 amide bonds. The lowest BCUT2D eigenvalue weighted by Crippen LogP contribution is -2.16. The molecule has 0 bridgehead atoms. The van der Waals surface area contributed by atoms with E-state index in [1.807, 2.05) is 18.2 Å². The third kappa shape index (κ3) is 1.29. The van der Waals surface area contributed by atoms with Crippen LogP contribution in [0.5, 0.6) is 0 Å². The Morgan fingerprint density at radius 2 is 2.25 bits per heavy atom. The van der Waals surface area contributed by atoms with Gasteiger partial charge >= 0.3 is 0 Å². The molecule has 2 nitrogen and oxygen atoms in total. The van der Waals surface area contributed by atoms with E-state index in [9.17, 15) is 4.79 Å². The summed E-state index contributed by atoms with van der Waals surface area (Å²) in [6.45, 7) is 0. The van der Waals surface area contributed by atoms with E-state index in [2.05, 4.69) is 27.6 Å². The molecule has 0 aromatic carbocycles. The quantitative estimate of drug-likeness (QED) is 0.488. The summed E-state index contributed by atoms with van der Waals surface area (Å²) in [4.78, 5) is 15.4.